The quantitative estimate of drug-likeness (QED) is 0.820. The van der Waals surface area contributed by atoms with Gasteiger partial charge in [0.25, 0.3) is 0 Å². The van der Waals surface area contributed by atoms with Gasteiger partial charge in [-0.25, -0.2) is 18.0 Å². The lowest BCUT2D eigenvalue weighted by molar-refractivity contribution is 0.0356. The molecule has 2 fully saturated rings. The van der Waals surface area contributed by atoms with Gasteiger partial charge in [-0.2, -0.15) is 0 Å². The maximum atomic E-state index is 12.0. The Bertz CT molecular complexity index is 698. The number of hydrogen-bond donors (Lipinski definition) is 1. The van der Waals surface area contributed by atoms with Gasteiger partial charge in [0.05, 0.1) is 17.1 Å². The molecule has 0 radical (unpaired) electrons. The van der Waals surface area contributed by atoms with Crippen LogP contribution in [0.15, 0.2) is 24.3 Å². The third kappa shape index (κ3) is 3.06. The number of amides is 2. The molecule has 3 rings (SSSR count). The summed E-state index contributed by atoms with van der Waals surface area (Å²) in [4.78, 5) is 25.1. The Morgan fingerprint density at radius 3 is 2.55 bits per heavy atom. The Morgan fingerprint density at radius 2 is 2.00 bits per heavy atom. The molecule has 2 amide bonds. The lowest BCUT2D eigenvalue weighted by Crippen LogP contribution is -2.27. The molecule has 1 N–H and O–H groups in total. The zero-order valence-electron chi connectivity index (χ0n) is 11.8. The van der Waals surface area contributed by atoms with E-state index in [0.717, 1.165) is 0 Å². The Kier molecular flexibility index (Phi) is 3.78. The summed E-state index contributed by atoms with van der Waals surface area (Å²) in [7, 11) is -3.08. The topological polar surface area (TPSA) is 92.8 Å². The van der Waals surface area contributed by atoms with Crippen LogP contribution in [-0.2, 0) is 14.6 Å². The molecular weight excluding hydrogens is 308 g/mol. The normalized spacial score (nSPS) is 23.4. The van der Waals surface area contributed by atoms with Gasteiger partial charge in [-0.05, 0) is 30.7 Å². The molecule has 2 aliphatic heterocycles. The first-order chi connectivity index (χ1) is 10.4. The highest BCUT2D eigenvalue weighted by Gasteiger charge is 2.31. The third-order valence-electron chi connectivity index (χ3n) is 3.74. The number of benzene rings is 1. The van der Waals surface area contributed by atoms with Crippen molar-refractivity contribution < 1.29 is 22.7 Å². The Hall–Kier alpha value is -2.09. The minimum Gasteiger partial charge on any atom is -0.458 e. The molecule has 0 bridgehead atoms. The lowest BCUT2D eigenvalue weighted by Gasteiger charge is -2.15. The lowest BCUT2D eigenvalue weighted by atomic mass is 10.2. The van der Waals surface area contributed by atoms with Crippen LogP contribution in [0.2, 0.25) is 0 Å². The Morgan fingerprint density at radius 1 is 1.27 bits per heavy atom. The van der Waals surface area contributed by atoms with Gasteiger partial charge in [0.1, 0.15) is 6.10 Å². The average molecular weight is 324 g/mol. The van der Waals surface area contributed by atoms with Gasteiger partial charge in [-0.1, -0.05) is 0 Å². The molecule has 1 atom stereocenters. The van der Waals surface area contributed by atoms with E-state index in [0.29, 0.717) is 30.8 Å². The summed E-state index contributed by atoms with van der Waals surface area (Å²) in [6.07, 6.45) is -0.221. The first kappa shape index (κ1) is 14.8. The molecular formula is C14H16N2O5S. The molecule has 0 spiro atoms. The number of esters is 1. The van der Waals surface area contributed by atoms with Crippen molar-refractivity contribution in [1.82, 2.24) is 5.32 Å². The summed E-state index contributed by atoms with van der Waals surface area (Å²) < 4.78 is 27.9. The van der Waals surface area contributed by atoms with E-state index >= 15 is 0 Å². The number of hydrogen-bond acceptors (Lipinski definition) is 5. The molecule has 2 heterocycles. The summed E-state index contributed by atoms with van der Waals surface area (Å²) in [6, 6.07) is 6.34. The minimum atomic E-state index is -3.08. The van der Waals surface area contributed by atoms with Crippen LogP contribution < -0.4 is 10.2 Å². The van der Waals surface area contributed by atoms with Crippen LogP contribution in [0.1, 0.15) is 16.8 Å². The zero-order chi connectivity index (χ0) is 15.7. The monoisotopic (exact) mass is 324 g/mol. The SMILES string of the molecule is O=C(O[C@H]1CCS(=O)(=O)C1)c1ccc(N2CCNC2=O)cc1. The molecule has 1 aromatic carbocycles. The Labute approximate surface area is 128 Å². The zero-order valence-corrected chi connectivity index (χ0v) is 12.6. The molecule has 2 aliphatic rings. The first-order valence-electron chi connectivity index (χ1n) is 7.01. The average Bonchev–Trinajstić information content (AvgIpc) is 3.04. The third-order valence-corrected chi connectivity index (χ3v) is 5.47. The van der Waals surface area contributed by atoms with Crippen molar-refractivity contribution in [2.24, 2.45) is 0 Å². The fourth-order valence-electron chi connectivity index (χ4n) is 2.57. The predicted octanol–water partition coefficient (Wildman–Crippen LogP) is 0.560. The summed E-state index contributed by atoms with van der Waals surface area (Å²) in [5, 5.41) is 2.70. The van der Waals surface area contributed by atoms with Crippen molar-refractivity contribution >= 4 is 27.5 Å². The van der Waals surface area contributed by atoms with Crippen LogP contribution in [0.5, 0.6) is 0 Å². The highest BCUT2D eigenvalue weighted by molar-refractivity contribution is 7.91. The summed E-state index contributed by atoms with van der Waals surface area (Å²) >= 11 is 0. The van der Waals surface area contributed by atoms with Gasteiger partial charge in [0.15, 0.2) is 9.84 Å². The van der Waals surface area contributed by atoms with Gasteiger partial charge in [-0.3, -0.25) is 4.90 Å². The summed E-state index contributed by atoms with van der Waals surface area (Å²) in [5.41, 5.74) is 1.04. The van der Waals surface area contributed by atoms with Gasteiger partial charge in [0.2, 0.25) is 0 Å². The number of nitrogens with zero attached hydrogens (tertiary/aromatic N) is 1. The number of sulfone groups is 1. The van der Waals surface area contributed by atoms with E-state index in [1.54, 1.807) is 29.2 Å². The number of carbonyl (C=O) groups excluding carboxylic acids is 2. The van der Waals surface area contributed by atoms with Crippen LogP contribution in [0, 0.1) is 0 Å². The van der Waals surface area contributed by atoms with Crippen LogP contribution in [0.25, 0.3) is 0 Å². The maximum Gasteiger partial charge on any atom is 0.338 e. The van der Waals surface area contributed by atoms with E-state index in [2.05, 4.69) is 5.32 Å². The molecule has 1 aromatic rings. The molecule has 0 aliphatic carbocycles. The van der Waals surface area contributed by atoms with Gasteiger partial charge < -0.3 is 10.1 Å². The van der Waals surface area contributed by atoms with Crippen molar-refractivity contribution in [2.45, 2.75) is 12.5 Å². The maximum absolute atomic E-state index is 12.0. The molecule has 8 heteroatoms. The van der Waals surface area contributed by atoms with Crippen molar-refractivity contribution in [3.05, 3.63) is 29.8 Å². The molecule has 2 saturated heterocycles. The summed E-state index contributed by atoms with van der Waals surface area (Å²) in [5.74, 6) is -0.585. The largest absolute Gasteiger partial charge is 0.458 e. The van der Waals surface area contributed by atoms with Gasteiger partial charge in [-0.15, -0.1) is 0 Å². The molecule has 0 unspecified atom stereocenters. The molecule has 118 valence electrons. The second kappa shape index (κ2) is 5.60. The molecule has 0 saturated carbocycles. The molecule has 22 heavy (non-hydrogen) atoms. The number of carbonyl (C=O) groups is 2. The smallest absolute Gasteiger partial charge is 0.338 e. The van der Waals surface area contributed by atoms with Crippen LogP contribution in [0.4, 0.5) is 10.5 Å². The molecule has 7 nitrogen and oxygen atoms in total. The highest BCUT2D eigenvalue weighted by atomic mass is 32.2. The van der Waals surface area contributed by atoms with Crippen molar-refractivity contribution in [1.29, 1.82) is 0 Å². The second-order valence-corrected chi connectivity index (χ2v) is 7.59. The van der Waals surface area contributed by atoms with E-state index < -0.39 is 21.9 Å². The number of urea groups is 1. The summed E-state index contributed by atoms with van der Waals surface area (Å²) in [6.45, 7) is 1.18. The fourth-order valence-corrected chi connectivity index (χ4v) is 4.16. The van der Waals surface area contributed by atoms with E-state index in [9.17, 15) is 18.0 Å². The van der Waals surface area contributed by atoms with E-state index in [1.807, 2.05) is 0 Å². The fraction of sp³-hybridized carbons (Fsp3) is 0.429. The van der Waals surface area contributed by atoms with Gasteiger partial charge >= 0.3 is 12.0 Å². The van der Waals surface area contributed by atoms with Crippen LogP contribution in [0.3, 0.4) is 0 Å². The predicted molar refractivity (Wildman–Crippen MR) is 79.7 cm³/mol. The number of ether oxygens (including phenoxy) is 1. The first-order valence-corrected chi connectivity index (χ1v) is 8.83. The van der Waals surface area contributed by atoms with Crippen molar-refractivity contribution in [3.63, 3.8) is 0 Å². The van der Waals surface area contributed by atoms with Crippen LogP contribution >= 0.6 is 0 Å². The van der Waals surface area contributed by atoms with Crippen molar-refractivity contribution in [3.8, 4) is 0 Å². The van der Waals surface area contributed by atoms with Crippen molar-refractivity contribution in [2.75, 3.05) is 29.5 Å². The van der Waals surface area contributed by atoms with E-state index in [-0.39, 0.29) is 17.5 Å². The second-order valence-electron chi connectivity index (χ2n) is 5.36. The van der Waals surface area contributed by atoms with E-state index in [4.69, 9.17) is 4.74 Å². The standard InChI is InChI=1S/C14H16N2O5S/c17-13(21-12-5-8-22(19,20)9-12)10-1-3-11(4-2-10)16-7-6-15-14(16)18/h1-4,12H,5-9H2,(H,15,18)/t12-/m0/s1. The number of nitrogens with one attached hydrogen (secondary N) is 1. The number of rotatable bonds is 3. The number of anilines is 1. The highest BCUT2D eigenvalue weighted by Crippen LogP contribution is 2.20. The molecule has 0 aromatic heterocycles. The van der Waals surface area contributed by atoms with E-state index in [1.165, 1.54) is 0 Å². The van der Waals surface area contributed by atoms with Crippen LogP contribution in [-0.4, -0.2) is 51.1 Å². The minimum absolute atomic E-state index is 0.0634. The van der Waals surface area contributed by atoms with Gasteiger partial charge in [0, 0.05) is 18.8 Å². The Balaban J connectivity index is 1.65.